The largest absolute Gasteiger partial charge is 0.497 e. The second kappa shape index (κ2) is 12.9. The van der Waals surface area contributed by atoms with Crippen LogP contribution < -0.4 is 9.47 Å². The molecular formula is C32H41NO3S. The van der Waals surface area contributed by atoms with E-state index in [0.717, 1.165) is 45.7 Å². The predicted octanol–water partition coefficient (Wildman–Crippen LogP) is 8.22. The molecule has 1 aromatic heterocycles. The van der Waals surface area contributed by atoms with Crippen molar-refractivity contribution in [2.45, 2.75) is 76.5 Å². The zero-order valence-corrected chi connectivity index (χ0v) is 23.1. The zero-order valence-electron chi connectivity index (χ0n) is 22.3. The Morgan fingerprint density at radius 3 is 2.27 bits per heavy atom. The van der Waals surface area contributed by atoms with Gasteiger partial charge in [0.15, 0.2) is 5.78 Å². The lowest BCUT2D eigenvalue weighted by Gasteiger charge is -2.19. The number of benzene rings is 2. The molecule has 2 fully saturated rings. The number of ether oxygens (including phenoxy) is 2. The Hall–Kier alpha value is -2.37. The Labute approximate surface area is 226 Å². The summed E-state index contributed by atoms with van der Waals surface area (Å²) in [5.74, 6) is 2.29. The highest BCUT2D eigenvalue weighted by atomic mass is 32.1. The summed E-state index contributed by atoms with van der Waals surface area (Å²) in [6.07, 6.45) is 13.9. The molecule has 0 radical (unpaired) electrons. The van der Waals surface area contributed by atoms with Gasteiger partial charge in [0.25, 0.3) is 0 Å². The van der Waals surface area contributed by atoms with Gasteiger partial charge in [0.05, 0.1) is 13.7 Å². The van der Waals surface area contributed by atoms with E-state index in [1.165, 1.54) is 82.2 Å². The summed E-state index contributed by atoms with van der Waals surface area (Å²) in [5.41, 5.74) is 1.64. The smallest absolute Gasteiger partial charge is 0.194 e. The van der Waals surface area contributed by atoms with Crippen molar-refractivity contribution < 1.29 is 14.3 Å². The van der Waals surface area contributed by atoms with Crippen molar-refractivity contribution in [3.63, 3.8) is 0 Å². The molecule has 37 heavy (non-hydrogen) atoms. The van der Waals surface area contributed by atoms with Crippen LogP contribution in [0.15, 0.2) is 42.5 Å². The molecule has 0 bridgehead atoms. The maximum Gasteiger partial charge on any atom is 0.194 e. The fourth-order valence-corrected chi connectivity index (χ4v) is 7.37. The molecule has 0 amide bonds. The van der Waals surface area contributed by atoms with Crippen LogP contribution in [0.5, 0.6) is 11.5 Å². The van der Waals surface area contributed by atoms with Gasteiger partial charge in [-0.15, -0.1) is 11.3 Å². The van der Waals surface area contributed by atoms with Crippen LogP contribution in [0.3, 0.4) is 0 Å². The molecule has 5 heteroatoms. The van der Waals surface area contributed by atoms with Gasteiger partial charge in [-0.25, -0.2) is 0 Å². The van der Waals surface area contributed by atoms with Crippen LogP contribution in [0, 0.1) is 0 Å². The van der Waals surface area contributed by atoms with Gasteiger partial charge < -0.3 is 14.4 Å². The molecule has 0 unspecified atom stereocenters. The van der Waals surface area contributed by atoms with E-state index in [1.807, 2.05) is 30.3 Å². The summed E-state index contributed by atoms with van der Waals surface area (Å²) in [6, 6.07) is 13.9. The minimum absolute atomic E-state index is 0.128. The van der Waals surface area contributed by atoms with Crippen molar-refractivity contribution in [1.82, 2.24) is 4.90 Å². The number of methoxy groups -OCH3 is 1. The third kappa shape index (κ3) is 6.56. The van der Waals surface area contributed by atoms with Gasteiger partial charge in [0, 0.05) is 32.6 Å². The van der Waals surface area contributed by atoms with E-state index in [1.54, 1.807) is 18.4 Å². The summed E-state index contributed by atoms with van der Waals surface area (Å²) in [5, 5.41) is 1.06. The van der Waals surface area contributed by atoms with Crippen molar-refractivity contribution in [3.8, 4) is 11.5 Å². The molecule has 0 N–H and O–H groups in total. The molecule has 0 spiro atoms. The lowest BCUT2D eigenvalue weighted by atomic mass is 9.91. The standard InChI is InChI=1S/C32H41NO3S/c1-35-27-17-18-28-29(23-27)37-32(25-11-6-2-3-7-12-25)30(28)31(34)24-13-15-26(16-14-24)36-22-10-21-33-19-8-4-5-9-20-33/h13-18,23,25H,2-12,19-22H2,1H3. The lowest BCUT2D eigenvalue weighted by molar-refractivity contribution is 0.103. The highest BCUT2D eigenvalue weighted by Gasteiger charge is 2.26. The highest BCUT2D eigenvalue weighted by Crippen LogP contribution is 2.43. The molecule has 1 aliphatic carbocycles. The van der Waals surface area contributed by atoms with Crippen molar-refractivity contribution in [3.05, 3.63) is 58.5 Å². The summed E-state index contributed by atoms with van der Waals surface area (Å²) in [7, 11) is 1.70. The van der Waals surface area contributed by atoms with Crippen LogP contribution >= 0.6 is 11.3 Å². The highest BCUT2D eigenvalue weighted by molar-refractivity contribution is 7.19. The molecule has 0 atom stereocenters. The first-order chi connectivity index (χ1) is 18.2. The fourth-order valence-electron chi connectivity index (χ4n) is 5.97. The maximum absolute atomic E-state index is 13.9. The minimum Gasteiger partial charge on any atom is -0.497 e. The maximum atomic E-state index is 13.9. The summed E-state index contributed by atoms with van der Waals surface area (Å²) >= 11 is 1.79. The predicted molar refractivity (Wildman–Crippen MR) is 154 cm³/mol. The first kappa shape index (κ1) is 26.2. The number of carbonyl (C=O) groups excluding carboxylic acids is 1. The Morgan fingerprint density at radius 1 is 0.892 bits per heavy atom. The fraction of sp³-hybridized carbons (Fsp3) is 0.531. The van der Waals surface area contributed by atoms with Gasteiger partial charge in [-0.05, 0) is 93.6 Å². The van der Waals surface area contributed by atoms with E-state index in [9.17, 15) is 4.79 Å². The molecule has 2 aliphatic rings. The second-order valence-corrected chi connectivity index (χ2v) is 11.8. The van der Waals surface area contributed by atoms with E-state index in [2.05, 4.69) is 17.0 Å². The van der Waals surface area contributed by atoms with E-state index in [-0.39, 0.29) is 5.78 Å². The van der Waals surface area contributed by atoms with Gasteiger partial charge in [-0.2, -0.15) is 0 Å². The van der Waals surface area contributed by atoms with Crippen molar-refractivity contribution in [2.24, 2.45) is 0 Å². The number of rotatable bonds is 9. The van der Waals surface area contributed by atoms with Crippen LogP contribution in [-0.4, -0.2) is 44.0 Å². The van der Waals surface area contributed by atoms with E-state index >= 15 is 0 Å². The lowest BCUT2D eigenvalue weighted by Crippen LogP contribution is -2.26. The molecule has 1 saturated heterocycles. The zero-order chi connectivity index (χ0) is 25.5. The number of thiophene rings is 1. The Kier molecular flexibility index (Phi) is 9.17. The van der Waals surface area contributed by atoms with Crippen LogP contribution in [0.2, 0.25) is 0 Å². The number of nitrogens with zero attached hydrogens (tertiary/aromatic N) is 1. The molecule has 1 aliphatic heterocycles. The van der Waals surface area contributed by atoms with Crippen molar-refractivity contribution in [1.29, 1.82) is 0 Å². The SMILES string of the molecule is COc1ccc2c(C(=O)c3ccc(OCCCN4CCCCCC4)cc3)c(C3CCCCCC3)sc2c1. The number of likely N-dealkylation sites (tertiary alicyclic amines) is 1. The molecule has 4 nitrogen and oxygen atoms in total. The molecular weight excluding hydrogens is 478 g/mol. The number of fused-ring (bicyclic) bond motifs is 1. The monoisotopic (exact) mass is 519 g/mol. The first-order valence-corrected chi connectivity index (χ1v) is 15.1. The number of ketones is 1. The summed E-state index contributed by atoms with van der Waals surface area (Å²) in [4.78, 5) is 17.8. The third-order valence-corrected chi connectivity index (χ3v) is 9.40. The van der Waals surface area contributed by atoms with E-state index < -0.39 is 0 Å². The summed E-state index contributed by atoms with van der Waals surface area (Å²) in [6.45, 7) is 4.27. The summed E-state index contributed by atoms with van der Waals surface area (Å²) < 4.78 is 12.7. The topological polar surface area (TPSA) is 38.8 Å². The number of carbonyl (C=O) groups is 1. The average Bonchev–Trinajstić information content (AvgIpc) is 3.13. The van der Waals surface area contributed by atoms with Crippen molar-refractivity contribution in [2.75, 3.05) is 33.4 Å². The van der Waals surface area contributed by atoms with Gasteiger partial charge in [-0.3, -0.25) is 4.79 Å². The minimum atomic E-state index is 0.128. The van der Waals surface area contributed by atoms with E-state index in [4.69, 9.17) is 9.47 Å². The average molecular weight is 520 g/mol. The Bertz CT molecular complexity index is 1150. The number of hydrogen-bond donors (Lipinski definition) is 0. The van der Waals surface area contributed by atoms with Crippen LogP contribution in [-0.2, 0) is 0 Å². The van der Waals surface area contributed by atoms with Crippen LogP contribution in [0.25, 0.3) is 10.1 Å². The second-order valence-electron chi connectivity index (χ2n) is 10.7. The van der Waals surface area contributed by atoms with Gasteiger partial charge in [0.1, 0.15) is 11.5 Å². The first-order valence-electron chi connectivity index (χ1n) is 14.3. The van der Waals surface area contributed by atoms with Gasteiger partial charge in [-0.1, -0.05) is 38.5 Å². The molecule has 1 saturated carbocycles. The Balaban J connectivity index is 1.29. The van der Waals surface area contributed by atoms with Crippen molar-refractivity contribution >= 4 is 27.2 Å². The van der Waals surface area contributed by atoms with Gasteiger partial charge in [0.2, 0.25) is 0 Å². The Morgan fingerprint density at radius 2 is 1.57 bits per heavy atom. The molecule has 5 rings (SSSR count). The van der Waals surface area contributed by atoms with E-state index in [0.29, 0.717) is 12.5 Å². The quantitative estimate of drug-likeness (QED) is 0.162. The molecule has 2 heterocycles. The third-order valence-electron chi connectivity index (χ3n) is 8.08. The molecule has 198 valence electrons. The number of hydrogen-bond acceptors (Lipinski definition) is 5. The van der Waals surface area contributed by atoms with Crippen LogP contribution in [0.4, 0.5) is 0 Å². The normalized spacial score (nSPS) is 17.9. The van der Waals surface area contributed by atoms with Gasteiger partial charge >= 0.3 is 0 Å². The molecule has 3 aromatic rings. The molecule has 2 aromatic carbocycles. The van der Waals surface area contributed by atoms with Crippen LogP contribution in [0.1, 0.15) is 97.3 Å².